The molecule has 0 unspecified atom stereocenters. The van der Waals surface area contributed by atoms with E-state index in [9.17, 15) is 15.0 Å². The first-order chi connectivity index (χ1) is 15.6. The van der Waals surface area contributed by atoms with Crippen LogP contribution in [-0.4, -0.2) is 31.1 Å². The van der Waals surface area contributed by atoms with E-state index in [2.05, 4.69) is 26.3 Å². The van der Waals surface area contributed by atoms with Crippen molar-refractivity contribution in [1.29, 1.82) is 0 Å². The molecule has 1 saturated carbocycles. The fourth-order valence-electron chi connectivity index (χ4n) is 4.73. The standard InChI is InChI=1S/C25H30N4O3S/c1-14-9-17(12-19(10-14)29-24-26-8-7-16(3)28-24)21-13-27-23(33-21)25(4,32)18-5-6-20(22(30)31)15(2)11-18/h7-10,12-13,15,18,20,32H,5-6,11H2,1-4H3,(H,30,31)(H,26,28,29)/t15-,18+,20+,25+/m1/s1. The third-order valence-corrected chi connectivity index (χ3v) is 7.91. The Labute approximate surface area is 198 Å². The SMILES string of the molecule is Cc1cc(Nc2nccc(C)n2)cc(-c2cnc([C@@](C)(O)[C@H]3CC[C@H](C(=O)O)[C@H](C)C3)s2)c1. The zero-order valence-electron chi connectivity index (χ0n) is 19.4. The molecule has 1 aliphatic rings. The molecule has 2 heterocycles. The molecule has 0 amide bonds. The number of hydrogen-bond acceptors (Lipinski definition) is 7. The summed E-state index contributed by atoms with van der Waals surface area (Å²) in [6.07, 6.45) is 5.47. The first-order valence-electron chi connectivity index (χ1n) is 11.2. The van der Waals surface area contributed by atoms with Gasteiger partial charge in [-0.25, -0.2) is 15.0 Å². The van der Waals surface area contributed by atoms with E-state index in [0.29, 0.717) is 30.2 Å². The molecule has 0 bridgehead atoms. The van der Waals surface area contributed by atoms with Crippen LogP contribution >= 0.6 is 11.3 Å². The number of thiazole rings is 1. The average Bonchev–Trinajstić information content (AvgIpc) is 3.24. The summed E-state index contributed by atoms with van der Waals surface area (Å²) in [5.74, 6) is -0.515. The molecule has 33 heavy (non-hydrogen) atoms. The molecule has 3 aromatic rings. The maximum atomic E-state index is 11.5. The predicted molar refractivity (Wildman–Crippen MR) is 130 cm³/mol. The number of hydrogen-bond donors (Lipinski definition) is 3. The summed E-state index contributed by atoms with van der Waals surface area (Å²) in [6.45, 7) is 7.74. The van der Waals surface area contributed by atoms with Crippen LogP contribution < -0.4 is 5.32 Å². The van der Waals surface area contributed by atoms with Crippen LogP contribution in [0.15, 0.2) is 36.7 Å². The van der Waals surface area contributed by atoms with Gasteiger partial charge in [0.15, 0.2) is 0 Å². The predicted octanol–water partition coefficient (Wildman–Crippen LogP) is 5.31. The van der Waals surface area contributed by atoms with Crippen LogP contribution in [0.4, 0.5) is 11.6 Å². The topological polar surface area (TPSA) is 108 Å². The molecule has 174 valence electrons. The van der Waals surface area contributed by atoms with E-state index in [1.807, 2.05) is 52.1 Å². The second-order valence-electron chi connectivity index (χ2n) is 9.34. The molecule has 1 fully saturated rings. The molecule has 0 aliphatic heterocycles. The van der Waals surface area contributed by atoms with E-state index in [0.717, 1.165) is 27.4 Å². The molecular formula is C25H30N4O3S. The number of nitrogens with zero attached hydrogens (tertiary/aromatic N) is 3. The minimum absolute atomic E-state index is 0.0182. The normalized spacial score (nSPS) is 22.5. The van der Waals surface area contributed by atoms with Crippen LogP contribution in [0.5, 0.6) is 0 Å². The van der Waals surface area contributed by atoms with Gasteiger partial charge in [-0.05, 0) is 81.2 Å². The molecule has 8 heteroatoms. The number of aromatic nitrogens is 3. The second kappa shape index (κ2) is 9.19. The van der Waals surface area contributed by atoms with Gasteiger partial charge in [-0.1, -0.05) is 13.0 Å². The van der Waals surface area contributed by atoms with Gasteiger partial charge in [0.25, 0.3) is 0 Å². The number of aryl methyl sites for hydroxylation is 2. The van der Waals surface area contributed by atoms with Gasteiger partial charge in [0.05, 0.1) is 10.8 Å². The van der Waals surface area contributed by atoms with Gasteiger partial charge in [-0.15, -0.1) is 11.3 Å². The third-order valence-electron chi connectivity index (χ3n) is 6.63. The van der Waals surface area contributed by atoms with Gasteiger partial charge in [0, 0.05) is 23.8 Å². The van der Waals surface area contributed by atoms with Gasteiger partial charge >= 0.3 is 5.97 Å². The number of rotatable bonds is 6. The molecule has 2 aromatic heterocycles. The Kier molecular flexibility index (Phi) is 6.50. The Morgan fingerprint density at radius 3 is 2.70 bits per heavy atom. The monoisotopic (exact) mass is 466 g/mol. The van der Waals surface area contributed by atoms with Gasteiger partial charge in [-0.2, -0.15) is 0 Å². The Balaban J connectivity index is 1.55. The molecule has 0 saturated heterocycles. The Hall–Kier alpha value is -2.84. The number of carboxylic acids is 1. The highest BCUT2D eigenvalue weighted by atomic mass is 32.1. The quantitative estimate of drug-likeness (QED) is 0.452. The molecule has 0 spiro atoms. The lowest BCUT2D eigenvalue weighted by molar-refractivity contribution is -0.146. The lowest BCUT2D eigenvalue weighted by atomic mass is 9.69. The maximum Gasteiger partial charge on any atom is 0.306 e. The maximum absolute atomic E-state index is 11.5. The van der Waals surface area contributed by atoms with Crippen LogP contribution in [0.1, 0.15) is 49.4 Å². The number of anilines is 2. The Bertz CT molecular complexity index is 1160. The van der Waals surface area contributed by atoms with E-state index < -0.39 is 11.6 Å². The van der Waals surface area contributed by atoms with Crippen LogP contribution in [0, 0.1) is 31.6 Å². The van der Waals surface area contributed by atoms with Crippen LogP contribution in [0.3, 0.4) is 0 Å². The summed E-state index contributed by atoms with van der Waals surface area (Å²) < 4.78 is 0. The zero-order chi connectivity index (χ0) is 23.8. The molecule has 4 atom stereocenters. The van der Waals surface area contributed by atoms with Gasteiger partial charge in [0.2, 0.25) is 5.95 Å². The molecule has 1 aliphatic carbocycles. The van der Waals surface area contributed by atoms with Crippen molar-refractivity contribution in [2.24, 2.45) is 17.8 Å². The summed E-state index contributed by atoms with van der Waals surface area (Å²) in [6, 6.07) is 8.02. The van der Waals surface area contributed by atoms with E-state index in [4.69, 9.17) is 0 Å². The molecule has 1 aromatic carbocycles. The van der Waals surface area contributed by atoms with Gasteiger partial charge in [0.1, 0.15) is 10.6 Å². The van der Waals surface area contributed by atoms with Crippen molar-refractivity contribution < 1.29 is 15.0 Å². The van der Waals surface area contributed by atoms with Crippen LogP contribution in [0.25, 0.3) is 10.4 Å². The average molecular weight is 467 g/mol. The van der Waals surface area contributed by atoms with E-state index >= 15 is 0 Å². The van der Waals surface area contributed by atoms with Crippen molar-refractivity contribution in [2.75, 3.05) is 5.32 Å². The lowest BCUT2D eigenvalue weighted by Gasteiger charge is -2.39. The highest BCUT2D eigenvalue weighted by Crippen LogP contribution is 2.45. The van der Waals surface area contributed by atoms with Crippen molar-refractivity contribution in [3.63, 3.8) is 0 Å². The Morgan fingerprint density at radius 2 is 2.00 bits per heavy atom. The molecule has 0 radical (unpaired) electrons. The van der Waals surface area contributed by atoms with Crippen molar-refractivity contribution in [2.45, 2.75) is 52.6 Å². The number of carboxylic acid groups (broad SMARTS) is 1. The molecule has 4 rings (SSSR count). The summed E-state index contributed by atoms with van der Waals surface area (Å²) in [7, 11) is 0. The van der Waals surface area contributed by atoms with E-state index in [1.54, 1.807) is 6.20 Å². The smallest absolute Gasteiger partial charge is 0.306 e. The first kappa shape index (κ1) is 23.3. The van der Waals surface area contributed by atoms with Crippen molar-refractivity contribution in [3.8, 4) is 10.4 Å². The minimum Gasteiger partial charge on any atom is -0.481 e. The fraction of sp³-hybridized carbons (Fsp3) is 0.440. The number of aliphatic carboxylic acids is 1. The number of nitrogens with one attached hydrogen (secondary N) is 1. The minimum atomic E-state index is -1.10. The highest BCUT2D eigenvalue weighted by Gasteiger charge is 2.42. The zero-order valence-corrected chi connectivity index (χ0v) is 20.2. The Morgan fingerprint density at radius 1 is 1.21 bits per heavy atom. The summed E-state index contributed by atoms with van der Waals surface area (Å²) in [4.78, 5) is 25.7. The van der Waals surface area contributed by atoms with Crippen LogP contribution in [0.2, 0.25) is 0 Å². The van der Waals surface area contributed by atoms with Crippen LogP contribution in [-0.2, 0) is 10.4 Å². The first-order valence-corrected chi connectivity index (χ1v) is 12.1. The summed E-state index contributed by atoms with van der Waals surface area (Å²) in [5.41, 5.74) is 2.78. The van der Waals surface area contributed by atoms with Gasteiger partial charge < -0.3 is 15.5 Å². The largest absolute Gasteiger partial charge is 0.481 e. The van der Waals surface area contributed by atoms with Crippen molar-refractivity contribution in [3.05, 3.63) is 52.9 Å². The third kappa shape index (κ3) is 5.07. The lowest BCUT2D eigenvalue weighted by Crippen LogP contribution is -2.39. The summed E-state index contributed by atoms with van der Waals surface area (Å²) in [5, 5.41) is 24.8. The number of benzene rings is 1. The molecule has 3 N–H and O–H groups in total. The van der Waals surface area contributed by atoms with E-state index in [1.165, 1.54) is 11.3 Å². The van der Waals surface area contributed by atoms with E-state index in [-0.39, 0.29) is 17.8 Å². The van der Waals surface area contributed by atoms with Crippen molar-refractivity contribution >= 4 is 28.9 Å². The fourth-order valence-corrected chi connectivity index (χ4v) is 5.75. The second-order valence-corrected chi connectivity index (χ2v) is 10.4. The highest BCUT2D eigenvalue weighted by molar-refractivity contribution is 7.15. The number of carbonyl (C=O) groups is 1. The molecule has 7 nitrogen and oxygen atoms in total. The number of aliphatic hydroxyl groups is 1. The van der Waals surface area contributed by atoms with Gasteiger partial charge in [-0.3, -0.25) is 4.79 Å². The summed E-state index contributed by atoms with van der Waals surface area (Å²) >= 11 is 1.48. The van der Waals surface area contributed by atoms with Crippen molar-refractivity contribution in [1.82, 2.24) is 15.0 Å². The molecular weight excluding hydrogens is 436 g/mol.